The van der Waals surface area contributed by atoms with Crippen LogP contribution in [-0.2, 0) is 0 Å². The van der Waals surface area contributed by atoms with E-state index in [-0.39, 0.29) is 0 Å². The number of rotatable bonds is 4. The maximum absolute atomic E-state index is 2.39. The van der Waals surface area contributed by atoms with Crippen LogP contribution >= 0.6 is 11.3 Å². The number of hydrogen-bond donors (Lipinski definition) is 0. The molecule has 0 saturated heterocycles. The predicted octanol–water partition coefficient (Wildman–Crippen LogP) is 12.7. The summed E-state index contributed by atoms with van der Waals surface area (Å²) in [6, 6.07) is 59.8. The second-order valence-electron chi connectivity index (χ2n) is 11.4. The summed E-state index contributed by atoms with van der Waals surface area (Å²) in [5, 5.41) is 10.3. The third kappa shape index (κ3) is 4.07. The Morgan fingerprint density at radius 3 is 1.82 bits per heavy atom. The smallest absolute Gasteiger partial charge is 0.0468 e. The monoisotopic (exact) mass is 577 g/mol. The van der Waals surface area contributed by atoms with Crippen molar-refractivity contribution in [1.82, 2.24) is 0 Å². The Balaban J connectivity index is 1.25. The summed E-state index contributed by atoms with van der Waals surface area (Å²) in [6.45, 7) is 0. The van der Waals surface area contributed by atoms with E-state index >= 15 is 0 Å². The predicted molar refractivity (Wildman–Crippen MR) is 192 cm³/mol. The van der Waals surface area contributed by atoms with Crippen LogP contribution < -0.4 is 4.90 Å². The maximum atomic E-state index is 2.39. The molecule has 0 saturated carbocycles. The molecule has 1 nitrogen and oxygen atoms in total. The molecule has 0 aliphatic carbocycles. The van der Waals surface area contributed by atoms with E-state index in [4.69, 9.17) is 0 Å². The van der Waals surface area contributed by atoms with Crippen molar-refractivity contribution in [2.75, 3.05) is 4.90 Å². The van der Waals surface area contributed by atoms with Gasteiger partial charge in [0.1, 0.15) is 0 Å². The number of hydrogen-bond acceptors (Lipinski definition) is 2. The largest absolute Gasteiger partial charge is 0.310 e. The van der Waals surface area contributed by atoms with Crippen molar-refractivity contribution in [3.8, 4) is 11.1 Å². The Kier molecular flexibility index (Phi) is 5.75. The van der Waals surface area contributed by atoms with E-state index in [9.17, 15) is 0 Å². The Morgan fingerprint density at radius 1 is 0.341 bits per heavy atom. The van der Waals surface area contributed by atoms with E-state index in [2.05, 4.69) is 169 Å². The first kappa shape index (κ1) is 25.1. The van der Waals surface area contributed by atoms with Gasteiger partial charge in [-0.2, -0.15) is 0 Å². The molecular formula is C42H27NS. The minimum absolute atomic E-state index is 1.13. The Labute approximate surface area is 259 Å². The molecule has 1 heterocycles. The average molecular weight is 578 g/mol. The Bertz CT molecular complexity index is 2490. The molecule has 0 N–H and O–H groups in total. The number of anilines is 3. The molecule has 0 unspecified atom stereocenters. The number of fused-ring (bicyclic) bond motifs is 8. The molecular weight excluding hydrogens is 551 g/mol. The van der Waals surface area contributed by atoms with E-state index < -0.39 is 0 Å². The summed E-state index contributed by atoms with van der Waals surface area (Å²) < 4.78 is 2.67. The molecule has 0 radical (unpaired) electrons. The van der Waals surface area contributed by atoms with Crippen molar-refractivity contribution < 1.29 is 0 Å². The van der Waals surface area contributed by atoms with Crippen LogP contribution in [0.25, 0.3) is 63.6 Å². The third-order valence-corrected chi connectivity index (χ3v) is 9.96. The van der Waals surface area contributed by atoms with Crippen molar-refractivity contribution in [2.24, 2.45) is 0 Å². The Morgan fingerprint density at radius 2 is 0.955 bits per heavy atom. The van der Waals surface area contributed by atoms with Crippen molar-refractivity contribution in [2.45, 2.75) is 0 Å². The molecule has 206 valence electrons. The van der Waals surface area contributed by atoms with Crippen LogP contribution in [0.3, 0.4) is 0 Å². The summed E-state index contributed by atoms with van der Waals surface area (Å²) in [4.78, 5) is 2.39. The van der Waals surface area contributed by atoms with Gasteiger partial charge in [-0.3, -0.25) is 0 Å². The molecule has 1 aromatic heterocycles. The number of thiophene rings is 1. The highest BCUT2D eigenvalue weighted by molar-refractivity contribution is 7.26. The van der Waals surface area contributed by atoms with E-state index in [1.54, 1.807) is 0 Å². The van der Waals surface area contributed by atoms with Gasteiger partial charge < -0.3 is 4.90 Å². The molecule has 0 bridgehead atoms. The van der Waals surface area contributed by atoms with Gasteiger partial charge >= 0.3 is 0 Å². The molecule has 44 heavy (non-hydrogen) atoms. The van der Waals surface area contributed by atoms with Gasteiger partial charge in [0.05, 0.1) is 0 Å². The van der Waals surface area contributed by atoms with Crippen LogP contribution in [0.4, 0.5) is 17.1 Å². The highest BCUT2D eigenvalue weighted by Gasteiger charge is 2.16. The fourth-order valence-corrected chi connectivity index (χ4v) is 7.81. The van der Waals surface area contributed by atoms with Crippen LogP contribution in [0.5, 0.6) is 0 Å². The zero-order valence-electron chi connectivity index (χ0n) is 23.9. The summed E-state index contributed by atoms with van der Waals surface area (Å²) >= 11 is 1.87. The van der Waals surface area contributed by atoms with Crippen molar-refractivity contribution >= 4 is 80.9 Å². The first-order valence-electron chi connectivity index (χ1n) is 15.0. The standard InChI is InChI=1S/C42H27NS/c1-2-8-28(9-3-1)29-16-20-33(21-17-29)43(35-22-18-31-15-14-30-10-4-5-11-36(30)39(31)27-35)34-23-24-37-32(26-34)19-25-41-42(37)38-12-6-7-13-40(38)44-41/h1-27H. The quantitative estimate of drug-likeness (QED) is 0.188. The zero-order valence-corrected chi connectivity index (χ0v) is 24.8. The highest BCUT2D eigenvalue weighted by Crippen LogP contribution is 2.42. The van der Waals surface area contributed by atoms with Crippen LogP contribution in [0.15, 0.2) is 164 Å². The molecule has 0 spiro atoms. The second-order valence-corrected chi connectivity index (χ2v) is 12.5. The van der Waals surface area contributed by atoms with Crippen LogP contribution in [0.2, 0.25) is 0 Å². The molecule has 9 rings (SSSR count). The molecule has 0 atom stereocenters. The summed E-state index contributed by atoms with van der Waals surface area (Å²) in [5.41, 5.74) is 5.85. The van der Waals surface area contributed by atoms with Gasteiger partial charge in [-0.25, -0.2) is 0 Å². The van der Waals surface area contributed by atoms with E-state index in [1.807, 2.05) is 11.3 Å². The lowest BCUT2D eigenvalue weighted by molar-refractivity contribution is 1.30. The van der Waals surface area contributed by atoms with Crippen LogP contribution in [0, 0.1) is 0 Å². The topological polar surface area (TPSA) is 3.24 Å². The molecule has 2 heteroatoms. The van der Waals surface area contributed by atoms with Gasteiger partial charge in [0.2, 0.25) is 0 Å². The lowest BCUT2D eigenvalue weighted by Gasteiger charge is -2.26. The third-order valence-electron chi connectivity index (χ3n) is 8.82. The van der Waals surface area contributed by atoms with Crippen molar-refractivity contribution in [3.05, 3.63) is 164 Å². The summed E-state index contributed by atoms with van der Waals surface area (Å²) in [7, 11) is 0. The minimum Gasteiger partial charge on any atom is -0.310 e. The van der Waals surface area contributed by atoms with Crippen molar-refractivity contribution in [1.29, 1.82) is 0 Å². The van der Waals surface area contributed by atoms with E-state index in [1.165, 1.54) is 63.6 Å². The number of nitrogens with zero attached hydrogens (tertiary/aromatic N) is 1. The van der Waals surface area contributed by atoms with E-state index in [0.717, 1.165) is 17.1 Å². The first-order chi connectivity index (χ1) is 21.8. The van der Waals surface area contributed by atoms with Gasteiger partial charge in [-0.1, -0.05) is 115 Å². The fourth-order valence-electron chi connectivity index (χ4n) is 6.69. The minimum atomic E-state index is 1.13. The second kappa shape index (κ2) is 10.1. The first-order valence-corrected chi connectivity index (χ1v) is 15.8. The molecule has 0 fully saturated rings. The van der Waals surface area contributed by atoms with Gasteiger partial charge in [0.25, 0.3) is 0 Å². The number of benzene rings is 8. The van der Waals surface area contributed by atoms with Gasteiger partial charge in [0.15, 0.2) is 0 Å². The van der Waals surface area contributed by atoms with Gasteiger partial charge in [-0.05, 0) is 92.0 Å². The molecule has 8 aromatic carbocycles. The maximum Gasteiger partial charge on any atom is 0.0468 e. The average Bonchev–Trinajstić information content (AvgIpc) is 3.48. The Hall–Kier alpha value is -5.44. The SMILES string of the molecule is c1ccc(-c2ccc(N(c3ccc4c(ccc5sc6ccccc6c54)c3)c3ccc4ccc5ccccc5c4c3)cc2)cc1. The highest BCUT2D eigenvalue weighted by atomic mass is 32.1. The summed E-state index contributed by atoms with van der Waals surface area (Å²) in [5.74, 6) is 0. The molecule has 9 aromatic rings. The van der Waals surface area contributed by atoms with Crippen LogP contribution in [0.1, 0.15) is 0 Å². The van der Waals surface area contributed by atoms with Gasteiger partial charge in [0, 0.05) is 37.2 Å². The zero-order chi connectivity index (χ0) is 29.0. The van der Waals surface area contributed by atoms with Crippen molar-refractivity contribution in [3.63, 3.8) is 0 Å². The van der Waals surface area contributed by atoms with E-state index in [0.29, 0.717) is 0 Å². The summed E-state index contributed by atoms with van der Waals surface area (Å²) in [6.07, 6.45) is 0. The lowest BCUT2D eigenvalue weighted by Crippen LogP contribution is -2.10. The van der Waals surface area contributed by atoms with Crippen LogP contribution in [-0.4, -0.2) is 0 Å². The lowest BCUT2D eigenvalue weighted by atomic mass is 10.00. The molecule has 0 aliphatic heterocycles. The van der Waals surface area contributed by atoms with Gasteiger partial charge in [-0.15, -0.1) is 11.3 Å². The fraction of sp³-hybridized carbons (Fsp3) is 0. The molecule has 0 aliphatic rings. The molecule has 0 amide bonds. The normalized spacial score (nSPS) is 11.6.